The molecule has 1 aromatic heterocycles. The number of alkyl halides is 3. The highest BCUT2D eigenvalue weighted by molar-refractivity contribution is 5.98. The molecule has 0 spiro atoms. The van der Waals surface area contributed by atoms with E-state index in [4.69, 9.17) is 0 Å². The quantitative estimate of drug-likeness (QED) is 0.875. The van der Waals surface area contributed by atoms with Gasteiger partial charge in [0.25, 0.3) is 5.91 Å². The number of hydrogen-bond acceptors (Lipinski definition) is 2. The molecule has 0 unspecified atom stereocenters. The van der Waals surface area contributed by atoms with Crippen LogP contribution in [-0.2, 0) is 12.7 Å². The van der Waals surface area contributed by atoms with E-state index in [0.29, 0.717) is 11.1 Å². The maximum Gasteiger partial charge on any atom is 0.416 e. The van der Waals surface area contributed by atoms with Gasteiger partial charge in [0.1, 0.15) is 5.69 Å². The van der Waals surface area contributed by atoms with Crippen molar-refractivity contribution in [2.24, 2.45) is 0 Å². The van der Waals surface area contributed by atoms with Crippen molar-refractivity contribution in [2.75, 3.05) is 7.05 Å². The fourth-order valence-electron chi connectivity index (χ4n) is 2.07. The Bertz CT molecular complexity index is 718. The molecule has 4 nitrogen and oxygen atoms in total. The van der Waals surface area contributed by atoms with Crippen LogP contribution in [0.4, 0.5) is 13.2 Å². The molecule has 0 radical (unpaired) electrons. The molecule has 1 amide bonds. The summed E-state index contributed by atoms with van der Waals surface area (Å²) in [5.41, 5.74) is 0.499. The molecule has 0 aliphatic carbocycles. The van der Waals surface area contributed by atoms with E-state index < -0.39 is 11.7 Å². The summed E-state index contributed by atoms with van der Waals surface area (Å²) in [6.45, 7) is 1.55. The van der Waals surface area contributed by atoms with Crippen LogP contribution in [0.5, 0.6) is 0 Å². The number of halogens is 3. The first kappa shape index (κ1) is 16.8. The van der Waals surface area contributed by atoms with Gasteiger partial charge in [-0.25, -0.2) is 0 Å². The van der Waals surface area contributed by atoms with Gasteiger partial charge in [0.05, 0.1) is 5.56 Å². The lowest BCUT2D eigenvalue weighted by Crippen LogP contribution is -2.26. The second-order valence-electron chi connectivity index (χ2n) is 5.21. The summed E-state index contributed by atoms with van der Waals surface area (Å²) in [4.78, 5) is 27.5. The van der Waals surface area contributed by atoms with Crippen LogP contribution in [0.1, 0.15) is 38.9 Å². The number of carbonyl (C=O) groups excluding carboxylic acids is 2. The van der Waals surface area contributed by atoms with Crippen LogP contribution in [0, 0.1) is 0 Å². The smallest absolute Gasteiger partial charge is 0.356 e. The molecule has 0 fully saturated rings. The van der Waals surface area contributed by atoms with Crippen molar-refractivity contribution < 1.29 is 22.8 Å². The lowest BCUT2D eigenvalue weighted by Gasteiger charge is -2.17. The highest BCUT2D eigenvalue weighted by Crippen LogP contribution is 2.29. The molecule has 0 saturated carbocycles. The average molecular weight is 324 g/mol. The Hall–Kier alpha value is -2.57. The van der Waals surface area contributed by atoms with Crippen LogP contribution in [0.25, 0.3) is 0 Å². The SMILES string of the molecule is CC(=O)c1c[nH]c(C(=O)N(C)Cc2ccc(C(F)(F)F)cc2)c1. The monoisotopic (exact) mass is 324 g/mol. The molecule has 2 rings (SSSR count). The Kier molecular flexibility index (Phi) is 4.58. The normalized spacial score (nSPS) is 11.3. The van der Waals surface area contributed by atoms with E-state index in [2.05, 4.69) is 4.98 Å². The van der Waals surface area contributed by atoms with Gasteiger partial charge in [-0.05, 0) is 30.7 Å². The largest absolute Gasteiger partial charge is 0.416 e. The topological polar surface area (TPSA) is 53.2 Å². The zero-order valence-electron chi connectivity index (χ0n) is 12.6. The molecule has 0 bridgehead atoms. The molecule has 122 valence electrons. The predicted molar refractivity (Wildman–Crippen MR) is 78.0 cm³/mol. The zero-order chi connectivity index (χ0) is 17.2. The molecule has 1 N–H and O–H groups in total. The number of H-pyrrole nitrogens is 1. The fraction of sp³-hybridized carbons (Fsp3) is 0.250. The first-order chi connectivity index (χ1) is 10.7. The Morgan fingerprint density at radius 1 is 1.17 bits per heavy atom. The highest BCUT2D eigenvalue weighted by Gasteiger charge is 2.30. The average Bonchev–Trinajstić information content (AvgIpc) is 2.96. The first-order valence-corrected chi connectivity index (χ1v) is 6.79. The van der Waals surface area contributed by atoms with Gasteiger partial charge in [-0.1, -0.05) is 12.1 Å². The van der Waals surface area contributed by atoms with Crippen LogP contribution in [0.3, 0.4) is 0 Å². The molecule has 23 heavy (non-hydrogen) atoms. The van der Waals surface area contributed by atoms with Crippen molar-refractivity contribution in [1.29, 1.82) is 0 Å². The van der Waals surface area contributed by atoms with E-state index in [-0.39, 0.29) is 23.9 Å². The third-order valence-electron chi connectivity index (χ3n) is 3.37. The summed E-state index contributed by atoms with van der Waals surface area (Å²) in [6, 6.07) is 6.09. The van der Waals surface area contributed by atoms with Crippen LogP contribution in [0.2, 0.25) is 0 Å². The van der Waals surface area contributed by atoms with Crippen LogP contribution < -0.4 is 0 Å². The number of amides is 1. The van der Waals surface area contributed by atoms with E-state index in [1.54, 1.807) is 0 Å². The van der Waals surface area contributed by atoms with E-state index in [0.717, 1.165) is 12.1 Å². The van der Waals surface area contributed by atoms with Crippen molar-refractivity contribution in [3.63, 3.8) is 0 Å². The second kappa shape index (κ2) is 6.28. The molecule has 0 aliphatic heterocycles. The van der Waals surface area contributed by atoms with Gasteiger partial charge >= 0.3 is 6.18 Å². The van der Waals surface area contributed by atoms with Crippen molar-refractivity contribution in [2.45, 2.75) is 19.6 Å². The summed E-state index contributed by atoms with van der Waals surface area (Å²) in [7, 11) is 1.54. The standard InChI is InChI=1S/C16H15F3N2O2/c1-10(22)12-7-14(20-8-12)15(23)21(2)9-11-3-5-13(6-4-11)16(17,18)19/h3-8,20H,9H2,1-2H3. The van der Waals surface area contributed by atoms with Crippen molar-refractivity contribution in [3.8, 4) is 0 Å². The summed E-state index contributed by atoms with van der Waals surface area (Å²) >= 11 is 0. The molecule has 1 aromatic carbocycles. The van der Waals surface area contributed by atoms with Gasteiger partial charge in [0.2, 0.25) is 0 Å². The van der Waals surface area contributed by atoms with Gasteiger partial charge in [-0.2, -0.15) is 13.2 Å². The van der Waals surface area contributed by atoms with E-state index >= 15 is 0 Å². The van der Waals surface area contributed by atoms with Crippen molar-refractivity contribution in [3.05, 3.63) is 58.9 Å². The Balaban J connectivity index is 2.07. The Morgan fingerprint density at radius 3 is 2.26 bits per heavy atom. The molecule has 0 atom stereocenters. The maximum atomic E-state index is 12.5. The summed E-state index contributed by atoms with van der Waals surface area (Å²) < 4.78 is 37.5. The number of nitrogens with one attached hydrogen (secondary N) is 1. The number of rotatable bonds is 4. The first-order valence-electron chi connectivity index (χ1n) is 6.79. The third kappa shape index (κ3) is 4.00. The predicted octanol–water partition coefficient (Wildman–Crippen LogP) is 3.51. The molecular weight excluding hydrogens is 309 g/mol. The van der Waals surface area contributed by atoms with Gasteiger partial charge in [0.15, 0.2) is 5.78 Å². The number of ketones is 1. The number of hydrogen-bond donors (Lipinski definition) is 1. The lowest BCUT2D eigenvalue weighted by molar-refractivity contribution is -0.137. The van der Waals surface area contributed by atoms with Crippen molar-refractivity contribution >= 4 is 11.7 Å². The van der Waals surface area contributed by atoms with Gasteiger partial charge in [0, 0.05) is 25.4 Å². The molecular formula is C16H15F3N2O2. The molecule has 0 saturated heterocycles. The highest BCUT2D eigenvalue weighted by atomic mass is 19.4. The molecule has 2 aromatic rings. The van der Waals surface area contributed by atoms with Gasteiger partial charge in [-0.3, -0.25) is 9.59 Å². The Morgan fingerprint density at radius 2 is 1.78 bits per heavy atom. The van der Waals surface area contributed by atoms with Gasteiger partial charge < -0.3 is 9.88 Å². The summed E-state index contributed by atoms with van der Waals surface area (Å²) in [5.74, 6) is -0.511. The third-order valence-corrected chi connectivity index (χ3v) is 3.37. The number of carbonyl (C=O) groups is 2. The van der Waals surface area contributed by atoms with E-state index in [1.165, 1.54) is 43.3 Å². The van der Waals surface area contributed by atoms with E-state index in [1.807, 2.05) is 0 Å². The number of aromatic amines is 1. The van der Waals surface area contributed by atoms with Gasteiger partial charge in [-0.15, -0.1) is 0 Å². The van der Waals surface area contributed by atoms with Crippen LogP contribution in [0.15, 0.2) is 36.5 Å². The maximum absolute atomic E-state index is 12.5. The number of aromatic nitrogens is 1. The number of benzene rings is 1. The number of Topliss-reactive ketones (excluding diaryl/α,β-unsaturated/α-hetero) is 1. The van der Waals surface area contributed by atoms with Crippen molar-refractivity contribution in [1.82, 2.24) is 9.88 Å². The zero-order valence-corrected chi connectivity index (χ0v) is 12.6. The lowest BCUT2D eigenvalue weighted by atomic mass is 10.1. The second-order valence-corrected chi connectivity index (χ2v) is 5.21. The summed E-state index contributed by atoms with van der Waals surface area (Å²) in [5, 5.41) is 0. The van der Waals surface area contributed by atoms with Crippen LogP contribution in [-0.4, -0.2) is 28.6 Å². The molecule has 7 heteroatoms. The molecule has 1 heterocycles. The van der Waals surface area contributed by atoms with Crippen LogP contribution >= 0.6 is 0 Å². The fourth-order valence-corrected chi connectivity index (χ4v) is 2.07. The number of nitrogens with zero attached hydrogens (tertiary/aromatic N) is 1. The Labute approximate surface area is 130 Å². The minimum atomic E-state index is -4.38. The van der Waals surface area contributed by atoms with E-state index in [9.17, 15) is 22.8 Å². The minimum Gasteiger partial charge on any atom is -0.356 e. The minimum absolute atomic E-state index is 0.158. The molecule has 0 aliphatic rings. The summed E-state index contributed by atoms with van der Waals surface area (Å²) in [6.07, 6.45) is -2.94.